The van der Waals surface area contributed by atoms with Crippen LogP contribution in [0.3, 0.4) is 0 Å². The Labute approximate surface area is 145 Å². The number of ether oxygens (including phenoxy) is 1. The zero-order valence-electron chi connectivity index (χ0n) is 13.5. The van der Waals surface area contributed by atoms with E-state index in [1.165, 1.54) is 19.4 Å². The van der Waals surface area contributed by atoms with E-state index in [0.717, 1.165) is 5.69 Å². The number of amides is 1. The summed E-state index contributed by atoms with van der Waals surface area (Å²) in [5.41, 5.74) is 1.12. The van der Waals surface area contributed by atoms with Crippen molar-refractivity contribution >= 4 is 17.6 Å². The molecule has 2 rings (SSSR count). The van der Waals surface area contributed by atoms with E-state index in [2.05, 4.69) is 20.4 Å². The van der Waals surface area contributed by atoms with Crippen LogP contribution in [0.1, 0.15) is 16.1 Å². The summed E-state index contributed by atoms with van der Waals surface area (Å²) in [6.07, 6.45) is 2.97. The number of carbonyl (C=O) groups is 2. The standard InChI is InChI=1S/C18H16N4O3/c1-25-18(24)15-7-2-3-8-16(15)22-17(23)13(10-19)11-20-12-14-6-4-5-9-21-14/h2-9,11,20H,12H2,1H3,(H,22,23)/b13-11-. The highest BCUT2D eigenvalue weighted by molar-refractivity contribution is 6.09. The number of nitrogens with zero attached hydrogens (tertiary/aromatic N) is 2. The smallest absolute Gasteiger partial charge is 0.339 e. The highest BCUT2D eigenvalue weighted by atomic mass is 16.5. The first-order chi connectivity index (χ1) is 12.2. The lowest BCUT2D eigenvalue weighted by atomic mass is 10.1. The van der Waals surface area contributed by atoms with Crippen LogP contribution in [-0.4, -0.2) is 24.0 Å². The van der Waals surface area contributed by atoms with E-state index in [0.29, 0.717) is 6.54 Å². The van der Waals surface area contributed by atoms with Gasteiger partial charge >= 0.3 is 5.97 Å². The van der Waals surface area contributed by atoms with Gasteiger partial charge in [-0.25, -0.2) is 4.79 Å². The second-order valence-corrected chi connectivity index (χ2v) is 4.86. The van der Waals surface area contributed by atoms with Crippen LogP contribution in [0.15, 0.2) is 60.4 Å². The molecule has 2 N–H and O–H groups in total. The molecule has 7 nitrogen and oxygen atoms in total. The number of pyridine rings is 1. The number of anilines is 1. The number of hydrogen-bond acceptors (Lipinski definition) is 6. The third kappa shape index (κ3) is 4.91. The predicted octanol–water partition coefficient (Wildman–Crippen LogP) is 2.00. The van der Waals surface area contributed by atoms with Crippen LogP contribution in [0.25, 0.3) is 0 Å². The molecule has 25 heavy (non-hydrogen) atoms. The first kappa shape index (κ1) is 17.7. The molecule has 0 fully saturated rings. The number of nitrogens with one attached hydrogen (secondary N) is 2. The second kappa shape index (κ2) is 8.84. The zero-order chi connectivity index (χ0) is 18.1. The van der Waals surface area contributed by atoms with Gasteiger partial charge in [0.25, 0.3) is 5.91 Å². The number of esters is 1. The fourth-order valence-electron chi connectivity index (χ4n) is 1.98. The van der Waals surface area contributed by atoms with E-state index >= 15 is 0 Å². The maximum absolute atomic E-state index is 12.2. The van der Waals surface area contributed by atoms with Crippen molar-refractivity contribution in [1.82, 2.24) is 10.3 Å². The van der Waals surface area contributed by atoms with E-state index < -0.39 is 11.9 Å². The minimum atomic E-state index is -0.632. The molecular formula is C18H16N4O3. The lowest BCUT2D eigenvalue weighted by molar-refractivity contribution is -0.112. The Balaban J connectivity index is 2.07. The van der Waals surface area contributed by atoms with Crippen LogP contribution < -0.4 is 10.6 Å². The molecule has 0 aliphatic heterocycles. The molecule has 0 saturated carbocycles. The van der Waals surface area contributed by atoms with Crippen molar-refractivity contribution in [2.24, 2.45) is 0 Å². The third-order valence-electron chi connectivity index (χ3n) is 3.20. The number of para-hydroxylation sites is 1. The highest BCUT2D eigenvalue weighted by Gasteiger charge is 2.15. The summed E-state index contributed by atoms with van der Waals surface area (Å²) >= 11 is 0. The minimum Gasteiger partial charge on any atom is -0.465 e. The van der Waals surface area contributed by atoms with Gasteiger partial charge in [0.2, 0.25) is 0 Å². The molecule has 0 atom stereocenters. The van der Waals surface area contributed by atoms with Crippen LogP contribution in [0.2, 0.25) is 0 Å². The molecule has 0 saturated heterocycles. The first-order valence-corrected chi connectivity index (χ1v) is 7.38. The number of rotatable bonds is 6. The minimum absolute atomic E-state index is 0.129. The molecule has 0 aliphatic rings. The van der Waals surface area contributed by atoms with E-state index in [9.17, 15) is 9.59 Å². The third-order valence-corrected chi connectivity index (χ3v) is 3.20. The average molecular weight is 336 g/mol. The molecule has 0 unspecified atom stereocenters. The molecule has 126 valence electrons. The zero-order valence-corrected chi connectivity index (χ0v) is 13.5. The van der Waals surface area contributed by atoms with Gasteiger partial charge < -0.3 is 15.4 Å². The van der Waals surface area contributed by atoms with Crippen molar-refractivity contribution in [2.75, 3.05) is 12.4 Å². The summed E-state index contributed by atoms with van der Waals surface area (Å²) in [6.45, 7) is 0.373. The Morgan fingerprint density at radius 3 is 2.68 bits per heavy atom. The van der Waals surface area contributed by atoms with Crippen LogP contribution in [0.4, 0.5) is 5.69 Å². The average Bonchev–Trinajstić information content (AvgIpc) is 2.65. The summed E-state index contributed by atoms with van der Waals surface area (Å²) in [6, 6.07) is 13.7. The Hall–Kier alpha value is -3.66. The van der Waals surface area contributed by atoms with Crippen molar-refractivity contribution in [3.63, 3.8) is 0 Å². The van der Waals surface area contributed by atoms with Crippen molar-refractivity contribution in [3.8, 4) is 6.07 Å². The maximum Gasteiger partial charge on any atom is 0.339 e. The number of hydrogen-bond donors (Lipinski definition) is 2. The summed E-state index contributed by atoms with van der Waals surface area (Å²) in [5, 5.41) is 14.6. The van der Waals surface area contributed by atoms with Gasteiger partial charge in [-0.3, -0.25) is 9.78 Å². The second-order valence-electron chi connectivity index (χ2n) is 4.86. The molecule has 0 aliphatic carbocycles. The van der Waals surface area contributed by atoms with Gasteiger partial charge in [-0.15, -0.1) is 0 Å². The van der Waals surface area contributed by atoms with Gasteiger partial charge in [-0.2, -0.15) is 5.26 Å². The topological polar surface area (TPSA) is 104 Å². The lowest BCUT2D eigenvalue weighted by Crippen LogP contribution is -2.18. The molecule has 1 aromatic heterocycles. The summed E-state index contributed by atoms with van der Waals surface area (Å²) in [7, 11) is 1.25. The molecule has 1 aromatic carbocycles. The molecule has 1 heterocycles. The monoisotopic (exact) mass is 336 g/mol. The molecular weight excluding hydrogens is 320 g/mol. The quantitative estimate of drug-likeness (QED) is 0.475. The largest absolute Gasteiger partial charge is 0.465 e. The molecule has 0 spiro atoms. The van der Waals surface area contributed by atoms with Gasteiger partial charge in [0.05, 0.1) is 30.6 Å². The van der Waals surface area contributed by atoms with Crippen LogP contribution in [0.5, 0.6) is 0 Å². The Kier molecular flexibility index (Phi) is 6.25. The van der Waals surface area contributed by atoms with Gasteiger partial charge in [0.1, 0.15) is 11.6 Å². The van der Waals surface area contributed by atoms with Gasteiger partial charge in [-0.05, 0) is 24.3 Å². The Bertz CT molecular complexity index is 826. The maximum atomic E-state index is 12.2. The van der Waals surface area contributed by atoms with E-state index in [1.807, 2.05) is 18.2 Å². The van der Waals surface area contributed by atoms with Crippen LogP contribution >= 0.6 is 0 Å². The van der Waals surface area contributed by atoms with Crippen molar-refractivity contribution in [3.05, 3.63) is 71.7 Å². The van der Waals surface area contributed by atoms with E-state index in [4.69, 9.17) is 5.26 Å². The summed E-state index contributed by atoms with van der Waals surface area (Å²) < 4.78 is 4.67. The molecule has 7 heteroatoms. The van der Waals surface area contributed by atoms with Crippen LogP contribution in [-0.2, 0) is 16.1 Å². The fraction of sp³-hybridized carbons (Fsp3) is 0.111. The van der Waals surface area contributed by atoms with Gasteiger partial charge in [0.15, 0.2) is 0 Å². The van der Waals surface area contributed by atoms with Crippen LogP contribution in [0, 0.1) is 11.3 Å². The molecule has 1 amide bonds. The summed E-state index contributed by atoms with van der Waals surface area (Å²) in [5.74, 6) is -1.21. The number of aromatic nitrogens is 1. The Morgan fingerprint density at radius 1 is 1.24 bits per heavy atom. The van der Waals surface area contributed by atoms with Gasteiger partial charge in [-0.1, -0.05) is 18.2 Å². The number of methoxy groups -OCH3 is 1. The fourth-order valence-corrected chi connectivity index (χ4v) is 1.98. The molecule has 0 radical (unpaired) electrons. The SMILES string of the molecule is COC(=O)c1ccccc1NC(=O)/C(C#N)=C\NCc1ccccn1. The number of nitriles is 1. The number of benzene rings is 1. The highest BCUT2D eigenvalue weighted by Crippen LogP contribution is 2.16. The van der Waals surface area contributed by atoms with Crippen molar-refractivity contribution in [1.29, 1.82) is 5.26 Å². The number of carbonyl (C=O) groups excluding carboxylic acids is 2. The molecule has 2 aromatic rings. The summed E-state index contributed by atoms with van der Waals surface area (Å²) in [4.78, 5) is 28.1. The van der Waals surface area contributed by atoms with Crippen molar-refractivity contribution < 1.29 is 14.3 Å². The van der Waals surface area contributed by atoms with Gasteiger partial charge in [0, 0.05) is 12.4 Å². The normalized spacial score (nSPS) is 10.5. The predicted molar refractivity (Wildman–Crippen MR) is 91.2 cm³/mol. The first-order valence-electron chi connectivity index (χ1n) is 7.38. The molecule has 0 bridgehead atoms. The van der Waals surface area contributed by atoms with E-state index in [-0.39, 0.29) is 16.8 Å². The Morgan fingerprint density at radius 2 is 2.00 bits per heavy atom. The van der Waals surface area contributed by atoms with E-state index in [1.54, 1.807) is 30.5 Å². The van der Waals surface area contributed by atoms with Crippen molar-refractivity contribution in [2.45, 2.75) is 6.54 Å². The lowest BCUT2D eigenvalue weighted by Gasteiger charge is -2.09.